The number of amides is 2. The monoisotopic (exact) mass is 228 g/mol. The van der Waals surface area contributed by atoms with Crippen LogP contribution in [0.2, 0.25) is 0 Å². The van der Waals surface area contributed by atoms with Gasteiger partial charge in [-0.15, -0.1) is 0 Å². The number of nitrogens with one attached hydrogen (secondary N) is 1. The Kier molecular flexibility index (Phi) is 4.58. The van der Waals surface area contributed by atoms with Crippen LogP contribution < -0.4 is 5.32 Å². The molecule has 1 aliphatic rings. The van der Waals surface area contributed by atoms with Crippen molar-refractivity contribution in [3.05, 3.63) is 0 Å². The number of carbonyl (C=O) groups is 2. The smallest absolute Gasteiger partial charge is 0.323 e. The lowest BCUT2D eigenvalue weighted by Crippen LogP contribution is -2.47. The van der Waals surface area contributed by atoms with E-state index in [9.17, 15) is 9.59 Å². The minimum Gasteiger partial charge on any atom is -0.480 e. The number of rotatable bonds is 3. The zero-order valence-electron chi connectivity index (χ0n) is 9.90. The van der Waals surface area contributed by atoms with E-state index in [1.54, 1.807) is 0 Å². The van der Waals surface area contributed by atoms with E-state index in [-0.39, 0.29) is 18.6 Å². The number of hydrogen-bond acceptors (Lipinski definition) is 2. The predicted molar refractivity (Wildman–Crippen MR) is 60.2 cm³/mol. The maximum atomic E-state index is 11.6. The number of aliphatic carboxylic acids is 1. The lowest BCUT2D eigenvalue weighted by Gasteiger charge is -2.30. The van der Waals surface area contributed by atoms with E-state index < -0.39 is 5.97 Å². The summed E-state index contributed by atoms with van der Waals surface area (Å²) in [6, 6.07) is -0.0985. The van der Waals surface area contributed by atoms with Gasteiger partial charge in [-0.05, 0) is 18.8 Å². The van der Waals surface area contributed by atoms with Crippen molar-refractivity contribution in [2.75, 3.05) is 13.6 Å². The quantitative estimate of drug-likeness (QED) is 0.764. The van der Waals surface area contributed by atoms with E-state index in [0.29, 0.717) is 5.92 Å². The molecule has 0 radical (unpaired) electrons. The summed E-state index contributed by atoms with van der Waals surface area (Å²) in [7, 11) is 1.50. The highest BCUT2D eigenvalue weighted by molar-refractivity contribution is 5.79. The average molecular weight is 228 g/mol. The molecule has 5 heteroatoms. The molecule has 92 valence electrons. The largest absolute Gasteiger partial charge is 0.480 e. The van der Waals surface area contributed by atoms with Gasteiger partial charge in [0.15, 0.2) is 0 Å². The number of urea groups is 1. The van der Waals surface area contributed by atoms with Crippen LogP contribution >= 0.6 is 0 Å². The van der Waals surface area contributed by atoms with Crippen molar-refractivity contribution < 1.29 is 14.7 Å². The van der Waals surface area contributed by atoms with Crippen molar-refractivity contribution in [3.63, 3.8) is 0 Å². The SMILES string of the molecule is CC1CCCCC1NC(=O)N(C)CC(=O)O. The van der Waals surface area contributed by atoms with Crippen molar-refractivity contribution in [2.45, 2.75) is 38.6 Å². The Labute approximate surface area is 95.8 Å². The van der Waals surface area contributed by atoms with Gasteiger partial charge in [0, 0.05) is 13.1 Å². The Morgan fingerprint density at radius 1 is 1.38 bits per heavy atom. The molecule has 16 heavy (non-hydrogen) atoms. The van der Waals surface area contributed by atoms with Gasteiger partial charge in [0.05, 0.1) is 0 Å². The lowest BCUT2D eigenvalue weighted by molar-refractivity contribution is -0.137. The molecular formula is C11H20N2O3. The maximum Gasteiger partial charge on any atom is 0.323 e. The van der Waals surface area contributed by atoms with Crippen molar-refractivity contribution >= 4 is 12.0 Å². The molecule has 2 atom stereocenters. The highest BCUT2D eigenvalue weighted by Gasteiger charge is 2.24. The standard InChI is InChI=1S/C11H20N2O3/c1-8-5-3-4-6-9(8)12-11(16)13(2)7-10(14)15/h8-9H,3-7H2,1-2H3,(H,12,16)(H,14,15). The molecule has 0 bridgehead atoms. The van der Waals surface area contributed by atoms with Gasteiger partial charge in [-0.25, -0.2) is 4.79 Å². The zero-order chi connectivity index (χ0) is 12.1. The molecule has 0 aliphatic heterocycles. The second-order valence-electron chi connectivity index (χ2n) is 4.57. The van der Waals surface area contributed by atoms with Gasteiger partial charge in [0.1, 0.15) is 6.54 Å². The molecule has 0 spiro atoms. The molecule has 1 saturated carbocycles. The van der Waals surface area contributed by atoms with Gasteiger partial charge in [-0.1, -0.05) is 19.8 Å². The number of carboxylic acids is 1. The van der Waals surface area contributed by atoms with E-state index in [2.05, 4.69) is 12.2 Å². The summed E-state index contributed by atoms with van der Waals surface area (Å²) in [6.07, 6.45) is 4.48. The first-order valence-corrected chi connectivity index (χ1v) is 5.74. The number of carbonyl (C=O) groups excluding carboxylic acids is 1. The molecule has 5 nitrogen and oxygen atoms in total. The summed E-state index contributed by atoms with van der Waals surface area (Å²) in [5.74, 6) is -0.509. The number of likely N-dealkylation sites (N-methyl/N-ethyl adjacent to an activating group) is 1. The minimum absolute atomic E-state index is 0.192. The van der Waals surface area contributed by atoms with Crippen LogP contribution in [-0.2, 0) is 4.79 Å². The molecule has 1 aliphatic carbocycles. The summed E-state index contributed by atoms with van der Waals surface area (Å²) in [6.45, 7) is 1.87. The lowest BCUT2D eigenvalue weighted by atomic mass is 9.86. The fraction of sp³-hybridized carbons (Fsp3) is 0.818. The summed E-state index contributed by atoms with van der Waals surface area (Å²) in [5.41, 5.74) is 0. The van der Waals surface area contributed by atoms with Crippen LogP contribution in [-0.4, -0.2) is 41.6 Å². The third-order valence-electron chi connectivity index (χ3n) is 3.14. The Morgan fingerprint density at radius 3 is 2.56 bits per heavy atom. The third-order valence-corrected chi connectivity index (χ3v) is 3.14. The number of hydrogen-bond donors (Lipinski definition) is 2. The van der Waals surface area contributed by atoms with Gasteiger partial charge >= 0.3 is 12.0 Å². The van der Waals surface area contributed by atoms with Crippen molar-refractivity contribution in [2.24, 2.45) is 5.92 Å². The van der Waals surface area contributed by atoms with Crippen LogP contribution in [0.3, 0.4) is 0 Å². The molecule has 2 unspecified atom stereocenters. The number of nitrogens with zero attached hydrogens (tertiary/aromatic N) is 1. The highest BCUT2D eigenvalue weighted by atomic mass is 16.4. The second kappa shape index (κ2) is 5.72. The van der Waals surface area contributed by atoms with Crippen LogP contribution in [0.15, 0.2) is 0 Å². The molecule has 2 N–H and O–H groups in total. The molecular weight excluding hydrogens is 208 g/mol. The minimum atomic E-state index is -0.991. The van der Waals surface area contributed by atoms with Crippen LogP contribution in [0.25, 0.3) is 0 Å². The molecule has 0 saturated heterocycles. The van der Waals surface area contributed by atoms with E-state index in [1.165, 1.54) is 18.4 Å². The normalized spacial score (nSPS) is 24.9. The van der Waals surface area contributed by atoms with Gasteiger partial charge < -0.3 is 15.3 Å². The summed E-state index contributed by atoms with van der Waals surface area (Å²) < 4.78 is 0. The fourth-order valence-corrected chi connectivity index (χ4v) is 2.07. The van der Waals surface area contributed by atoms with Crippen molar-refractivity contribution in [1.82, 2.24) is 10.2 Å². The predicted octanol–water partition coefficient (Wildman–Crippen LogP) is 1.29. The van der Waals surface area contributed by atoms with Crippen molar-refractivity contribution in [3.8, 4) is 0 Å². The van der Waals surface area contributed by atoms with E-state index >= 15 is 0 Å². The highest BCUT2D eigenvalue weighted by Crippen LogP contribution is 2.23. The average Bonchev–Trinajstić information content (AvgIpc) is 2.20. The van der Waals surface area contributed by atoms with E-state index in [1.807, 2.05) is 0 Å². The topological polar surface area (TPSA) is 69.6 Å². The molecule has 1 fully saturated rings. The first-order chi connectivity index (χ1) is 7.50. The van der Waals surface area contributed by atoms with E-state index in [0.717, 1.165) is 19.3 Å². The maximum absolute atomic E-state index is 11.6. The molecule has 0 aromatic heterocycles. The Hall–Kier alpha value is -1.26. The van der Waals surface area contributed by atoms with Crippen molar-refractivity contribution in [1.29, 1.82) is 0 Å². The summed E-state index contributed by atoms with van der Waals surface area (Å²) >= 11 is 0. The van der Waals surface area contributed by atoms with Crippen LogP contribution in [0, 0.1) is 5.92 Å². The molecule has 0 aromatic rings. The first-order valence-electron chi connectivity index (χ1n) is 5.74. The van der Waals surface area contributed by atoms with Gasteiger partial charge in [-0.3, -0.25) is 4.79 Å². The molecule has 0 heterocycles. The molecule has 2 amide bonds. The Bertz CT molecular complexity index is 268. The third kappa shape index (κ3) is 3.72. The van der Waals surface area contributed by atoms with Gasteiger partial charge in [0.2, 0.25) is 0 Å². The van der Waals surface area contributed by atoms with E-state index in [4.69, 9.17) is 5.11 Å². The second-order valence-corrected chi connectivity index (χ2v) is 4.57. The summed E-state index contributed by atoms with van der Waals surface area (Å²) in [5, 5.41) is 11.5. The zero-order valence-corrected chi connectivity index (χ0v) is 9.90. The Morgan fingerprint density at radius 2 is 2.00 bits per heavy atom. The Balaban J connectivity index is 2.40. The summed E-state index contributed by atoms with van der Waals surface area (Å²) in [4.78, 5) is 23.3. The molecule has 0 aromatic carbocycles. The van der Waals surface area contributed by atoms with Gasteiger partial charge in [-0.2, -0.15) is 0 Å². The first kappa shape index (κ1) is 12.8. The van der Waals surface area contributed by atoms with Crippen LogP contribution in [0.4, 0.5) is 4.79 Å². The number of carboxylic acid groups (broad SMARTS) is 1. The van der Waals surface area contributed by atoms with Crippen LogP contribution in [0.1, 0.15) is 32.6 Å². The molecule has 1 rings (SSSR count). The van der Waals surface area contributed by atoms with Crippen LogP contribution in [0.5, 0.6) is 0 Å². The van der Waals surface area contributed by atoms with Gasteiger partial charge in [0.25, 0.3) is 0 Å². The fourth-order valence-electron chi connectivity index (χ4n) is 2.07.